The normalized spacial score (nSPS) is 13.1. The van der Waals surface area contributed by atoms with Crippen LogP contribution < -0.4 is 0 Å². The van der Waals surface area contributed by atoms with Crippen LogP contribution in [0.2, 0.25) is 0 Å². The van der Waals surface area contributed by atoms with Gasteiger partial charge in [-0.25, -0.2) is 9.67 Å². The zero-order chi connectivity index (χ0) is 13.6. The summed E-state index contributed by atoms with van der Waals surface area (Å²) in [5.41, 5.74) is 4.48. The Hall–Kier alpha value is -2.14. The fraction of sp³-hybridized carbons (Fsp3) is 0.286. The molecule has 0 aliphatic heterocycles. The minimum absolute atomic E-state index is 0.530. The van der Waals surface area contributed by atoms with Crippen molar-refractivity contribution in [2.24, 2.45) is 0 Å². The van der Waals surface area contributed by atoms with Crippen LogP contribution in [0.3, 0.4) is 0 Å². The molecule has 2 aromatic heterocycles. The number of rotatable bonds is 2. The monoisotopic (exact) mass is 256 g/mol. The van der Waals surface area contributed by atoms with Crippen LogP contribution in [-0.2, 0) is 0 Å². The molecule has 2 heterocycles. The topological polar surface area (TPSA) is 66.7 Å². The molecule has 3 rings (SSSR count). The molecule has 19 heavy (non-hydrogen) atoms. The summed E-state index contributed by atoms with van der Waals surface area (Å²) in [5.74, 6) is 0.675. The van der Waals surface area contributed by atoms with Gasteiger partial charge in [-0.1, -0.05) is 12.1 Å². The molecule has 98 valence electrons. The van der Waals surface area contributed by atoms with Crippen molar-refractivity contribution in [3.8, 4) is 5.95 Å². The summed E-state index contributed by atoms with van der Waals surface area (Å²) in [6.07, 6.45) is -0.530. The van der Waals surface area contributed by atoms with Crippen LogP contribution in [0.5, 0.6) is 0 Å². The number of aliphatic hydroxyl groups is 1. The van der Waals surface area contributed by atoms with Gasteiger partial charge in [0, 0.05) is 5.56 Å². The average molecular weight is 256 g/mol. The number of aromatic amines is 1. The number of H-pyrrole nitrogens is 1. The lowest BCUT2D eigenvalue weighted by Gasteiger charge is -2.04. The first-order valence-corrected chi connectivity index (χ1v) is 6.27. The Balaban J connectivity index is 2.19. The highest BCUT2D eigenvalue weighted by molar-refractivity contribution is 5.75. The number of fused-ring (bicyclic) bond motifs is 1. The zero-order valence-corrected chi connectivity index (χ0v) is 11.2. The van der Waals surface area contributed by atoms with Crippen molar-refractivity contribution in [2.75, 3.05) is 0 Å². The van der Waals surface area contributed by atoms with E-state index in [1.165, 1.54) is 0 Å². The Labute approximate surface area is 110 Å². The molecule has 0 aliphatic rings. The minimum atomic E-state index is -0.530. The SMILES string of the molecule is Cc1nn(-c2nc3ccccc3[nH]2)c(C)c1C(C)O. The van der Waals surface area contributed by atoms with Gasteiger partial charge in [0.2, 0.25) is 5.95 Å². The number of aryl methyl sites for hydroxylation is 1. The summed E-state index contributed by atoms with van der Waals surface area (Å²) < 4.78 is 1.75. The third-order valence-corrected chi connectivity index (χ3v) is 3.34. The van der Waals surface area contributed by atoms with E-state index in [0.29, 0.717) is 5.95 Å². The lowest BCUT2D eigenvalue weighted by Crippen LogP contribution is -2.02. The van der Waals surface area contributed by atoms with Crippen LogP contribution in [0, 0.1) is 13.8 Å². The summed E-state index contributed by atoms with van der Waals surface area (Å²) in [4.78, 5) is 7.76. The van der Waals surface area contributed by atoms with E-state index in [2.05, 4.69) is 15.1 Å². The first kappa shape index (κ1) is 11.9. The number of hydrogen-bond acceptors (Lipinski definition) is 3. The van der Waals surface area contributed by atoms with Crippen molar-refractivity contribution in [3.05, 3.63) is 41.2 Å². The first-order chi connectivity index (χ1) is 9.08. The van der Waals surface area contributed by atoms with Crippen LogP contribution >= 0.6 is 0 Å². The summed E-state index contributed by atoms with van der Waals surface area (Å²) >= 11 is 0. The minimum Gasteiger partial charge on any atom is -0.389 e. The molecule has 5 heteroatoms. The van der Waals surface area contributed by atoms with E-state index in [-0.39, 0.29) is 0 Å². The quantitative estimate of drug-likeness (QED) is 0.740. The predicted octanol–water partition coefficient (Wildman–Crippen LogP) is 2.42. The Morgan fingerprint density at radius 1 is 1.26 bits per heavy atom. The maximum Gasteiger partial charge on any atom is 0.229 e. The van der Waals surface area contributed by atoms with Gasteiger partial charge in [-0.2, -0.15) is 5.10 Å². The predicted molar refractivity (Wildman–Crippen MR) is 73.3 cm³/mol. The van der Waals surface area contributed by atoms with Crippen LogP contribution in [0.25, 0.3) is 17.0 Å². The van der Waals surface area contributed by atoms with Crippen molar-refractivity contribution in [1.29, 1.82) is 0 Å². The van der Waals surface area contributed by atoms with Gasteiger partial charge in [-0.3, -0.25) is 0 Å². The number of aliphatic hydroxyl groups excluding tert-OH is 1. The molecule has 1 atom stereocenters. The molecule has 0 fully saturated rings. The van der Waals surface area contributed by atoms with E-state index in [0.717, 1.165) is 28.0 Å². The fourth-order valence-electron chi connectivity index (χ4n) is 2.51. The Bertz CT molecular complexity index is 706. The molecule has 0 bridgehead atoms. The molecule has 2 N–H and O–H groups in total. The summed E-state index contributed by atoms with van der Waals surface area (Å²) in [5, 5.41) is 14.3. The maximum absolute atomic E-state index is 9.80. The Morgan fingerprint density at radius 2 is 2.00 bits per heavy atom. The number of benzene rings is 1. The smallest absolute Gasteiger partial charge is 0.229 e. The first-order valence-electron chi connectivity index (χ1n) is 6.27. The van der Waals surface area contributed by atoms with Gasteiger partial charge in [-0.15, -0.1) is 0 Å². The lowest BCUT2D eigenvalue weighted by atomic mass is 10.1. The molecule has 1 unspecified atom stereocenters. The number of nitrogens with zero attached hydrogens (tertiary/aromatic N) is 3. The summed E-state index contributed by atoms with van der Waals surface area (Å²) in [6.45, 7) is 5.59. The fourth-order valence-corrected chi connectivity index (χ4v) is 2.51. The van der Waals surface area contributed by atoms with Gasteiger partial charge in [0.05, 0.1) is 28.5 Å². The number of aromatic nitrogens is 4. The second-order valence-electron chi connectivity index (χ2n) is 4.75. The van der Waals surface area contributed by atoms with Crippen molar-refractivity contribution in [1.82, 2.24) is 19.7 Å². The number of nitrogens with one attached hydrogen (secondary N) is 1. The van der Waals surface area contributed by atoms with Crippen molar-refractivity contribution in [3.63, 3.8) is 0 Å². The standard InChI is InChI=1S/C14H16N4O/c1-8-13(10(3)19)9(2)18(17-8)14-15-11-6-4-5-7-12(11)16-14/h4-7,10,19H,1-3H3,(H,15,16). The highest BCUT2D eigenvalue weighted by atomic mass is 16.3. The molecule has 1 aromatic carbocycles. The Kier molecular flexibility index (Phi) is 2.64. The second-order valence-corrected chi connectivity index (χ2v) is 4.75. The molecule has 5 nitrogen and oxygen atoms in total. The highest BCUT2D eigenvalue weighted by Crippen LogP contribution is 2.23. The molecule has 0 radical (unpaired) electrons. The van der Waals surface area contributed by atoms with Crippen LogP contribution in [0.1, 0.15) is 30.0 Å². The maximum atomic E-state index is 9.80. The van der Waals surface area contributed by atoms with E-state index < -0.39 is 6.10 Å². The van der Waals surface area contributed by atoms with Gasteiger partial charge in [0.15, 0.2) is 0 Å². The molecular weight excluding hydrogens is 240 g/mol. The second kappa shape index (κ2) is 4.20. The number of para-hydroxylation sites is 2. The largest absolute Gasteiger partial charge is 0.389 e. The third kappa shape index (κ3) is 1.82. The van der Waals surface area contributed by atoms with E-state index in [1.807, 2.05) is 38.1 Å². The van der Waals surface area contributed by atoms with Crippen LogP contribution in [0.15, 0.2) is 24.3 Å². The van der Waals surface area contributed by atoms with Crippen molar-refractivity contribution in [2.45, 2.75) is 26.9 Å². The van der Waals surface area contributed by atoms with E-state index >= 15 is 0 Å². The molecule has 0 amide bonds. The number of hydrogen-bond donors (Lipinski definition) is 2. The van der Waals surface area contributed by atoms with Gasteiger partial charge in [-0.05, 0) is 32.9 Å². The van der Waals surface area contributed by atoms with Crippen LogP contribution in [0.4, 0.5) is 0 Å². The summed E-state index contributed by atoms with van der Waals surface area (Å²) in [6, 6.07) is 7.85. The van der Waals surface area contributed by atoms with Crippen molar-refractivity contribution >= 4 is 11.0 Å². The molecule has 3 aromatic rings. The number of imidazole rings is 1. The zero-order valence-electron chi connectivity index (χ0n) is 11.2. The molecule has 0 aliphatic carbocycles. The van der Waals surface area contributed by atoms with Gasteiger partial charge < -0.3 is 10.1 Å². The van der Waals surface area contributed by atoms with E-state index in [4.69, 9.17) is 0 Å². The van der Waals surface area contributed by atoms with Gasteiger partial charge in [0.25, 0.3) is 0 Å². The third-order valence-electron chi connectivity index (χ3n) is 3.34. The lowest BCUT2D eigenvalue weighted by molar-refractivity contribution is 0.197. The van der Waals surface area contributed by atoms with Gasteiger partial charge in [0.1, 0.15) is 0 Å². The van der Waals surface area contributed by atoms with Crippen LogP contribution in [-0.4, -0.2) is 24.9 Å². The molecule has 0 spiro atoms. The molecule has 0 saturated carbocycles. The van der Waals surface area contributed by atoms with E-state index in [9.17, 15) is 5.11 Å². The van der Waals surface area contributed by atoms with Gasteiger partial charge >= 0.3 is 0 Å². The average Bonchev–Trinajstić information content (AvgIpc) is 2.89. The molecular formula is C14H16N4O. The molecule has 0 saturated heterocycles. The van der Waals surface area contributed by atoms with Crippen molar-refractivity contribution < 1.29 is 5.11 Å². The Morgan fingerprint density at radius 3 is 2.63 bits per heavy atom. The highest BCUT2D eigenvalue weighted by Gasteiger charge is 2.18. The summed E-state index contributed by atoms with van der Waals surface area (Å²) in [7, 11) is 0. The van der Waals surface area contributed by atoms with E-state index in [1.54, 1.807) is 11.6 Å².